The molecule has 1 saturated carbocycles. The number of nitrogens with one attached hydrogen (secondary N) is 2. The summed E-state index contributed by atoms with van der Waals surface area (Å²) in [5, 5.41) is 21.7. The number of hydrogen-bond acceptors (Lipinski definition) is 4. The average Bonchev–Trinajstić information content (AvgIpc) is 3.01. The highest BCUT2D eigenvalue weighted by molar-refractivity contribution is 5.80. The Morgan fingerprint density at radius 2 is 2.08 bits per heavy atom. The number of nitrogens with zero attached hydrogens (tertiary/aromatic N) is 4. The van der Waals surface area contributed by atoms with Crippen LogP contribution in [0.4, 0.5) is 0 Å². The van der Waals surface area contributed by atoms with Gasteiger partial charge in [0.15, 0.2) is 5.96 Å². The minimum absolute atomic E-state index is 0.125. The first kappa shape index (κ1) is 18.2. The second kappa shape index (κ2) is 8.65. The van der Waals surface area contributed by atoms with Crippen molar-refractivity contribution < 1.29 is 5.11 Å². The van der Waals surface area contributed by atoms with Gasteiger partial charge < -0.3 is 15.7 Å². The first-order chi connectivity index (χ1) is 12.2. The van der Waals surface area contributed by atoms with Crippen LogP contribution in [-0.4, -0.2) is 45.0 Å². The lowest BCUT2D eigenvalue weighted by atomic mass is 9.85. The van der Waals surface area contributed by atoms with Crippen LogP contribution in [0.5, 0.6) is 0 Å². The normalized spacial score (nSPS) is 23.2. The van der Waals surface area contributed by atoms with Gasteiger partial charge >= 0.3 is 0 Å². The number of rotatable bonds is 5. The molecule has 0 bridgehead atoms. The molecule has 0 spiro atoms. The maximum atomic E-state index is 10.5. The summed E-state index contributed by atoms with van der Waals surface area (Å²) in [7, 11) is 0. The molecule has 0 amide bonds. The lowest BCUT2D eigenvalue weighted by Crippen LogP contribution is -2.42. The maximum absolute atomic E-state index is 10.5. The van der Waals surface area contributed by atoms with Crippen molar-refractivity contribution >= 4 is 5.96 Å². The molecule has 1 aliphatic heterocycles. The summed E-state index contributed by atoms with van der Waals surface area (Å²) >= 11 is 0. The van der Waals surface area contributed by atoms with Gasteiger partial charge in [-0.2, -0.15) is 5.10 Å². The highest BCUT2D eigenvalue weighted by atomic mass is 16.3. The van der Waals surface area contributed by atoms with E-state index >= 15 is 0 Å². The lowest BCUT2D eigenvalue weighted by Gasteiger charge is -2.27. The minimum atomic E-state index is -0.340. The third kappa shape index (κ3) is 4.71. The first-order valence-corrected chi connectivity index (χ1v) is 9.81. The molecule has 1 aromatic rings. The summed E-state index contributed by atoms with van der Waals surface area (Å²) in [6.45, 7) is 6.18. The van der Waals surface area contributed by atoms with Gasteiger partial charge in [0.25, 0.3) is 0 Å². The quantitative estimate of drug-likeness (QED) is 0.559. The molecule has 0 aromatic carbocycles. The van der Waals surface area contributed by atoms with Crippen molar-refractivity contribution in [1.82, 2.24) is 25.4 Å². The SMILES string of the molecule is CCNC(=NCC(O)C1CCCCC1)NC1CCCn2nc(C)nc21. The molecule has 3 rings (SSSR count). The molecule has 2 heterocycles. The van der Waals surface area contributed by atoms with Crippen LogP contribution in [0, 0.1) is 12.8 Å². The molecule has 1 aromatic heterocycles. The largest absolute Gasteiger partial charge is 0.391 e. The number of aryl methyl sites for hydroxylation is 2. The fraction of sp³-hybridized carbons (Fsp3) is 0.833. The van der Waals surface area contributed by atoms with Crippen LogP contribution in [0.3, 0.4) is 0 Å². The van der Waals surface area contributed by atoms with Gasteiger partial charge in [0.05, 0.1) is 18.7 Å². The Balaban J connectivity index is 1.62. The van der Waals surface area contributed by atoms with Crippen molar-refractivity contribution in [2.75, 3.05) is 13.1 Å². The minimum Gasteiger partial charge on any atom is -0.391 e. The number of aliphatic imine (C=N–C) groups is 1. The number of aliphatic hydroxyl groups excluding tert-OH is 1. The zero-order valence-corrected chi connectivity index (χ0v) is 15.5. The second-order valence-corrected chi connectivity index (χ2v) is 7.26. The number of fused-ring (bicyclic) bond motifs is 1. The molecule has 0 saturated heterocycles. The molecule has 1 fully saturated rings. The van der Waals surface area contributed by atoms with Crippen molar-refractivity contribution in [3.8, 4) is 0 Å². The molecule has 7 heteroatoms. The van der Waals surface area contributed by atoms with Crippen LogP contribution in [0.25, 0.3) is 0 Å². The second-order valence-electron chi connectivity index (χ2n) is 7.26. The third-order valence-corrected chi connectivity index (χ3v) is 5.27. The van der Waals surface area contributed by atoms with Crippen LogP contribution in [0.15, 0.2) is 4.99 Å². The molecule has 3 N–H and O–H groups in total. The summed E-state index contributed by atoms with van der Waals surface area (Å²) in [4.78, 5) is 9.22. The van der Waals surface area contributed by atoms with E-state index in [4.69, 9.17) is 0 Å². The topological polar surface area (TPSA) is 87.4 Å². The highest BCUT2D eigenvalue weighted by Gasteiger charge is 2.25. The van der Waals surface area contributed by atoms with E-state index in [1.807, 2.05) is 11.6 Å². The van der Waals surface area contributed by atoms with E-state index in [9.17, 15) is 5.11 Å². The van der Waals surface area contributed by atoms with Crippen LogP contribution >= 0.6 is 0 Å². The molecular weight excluding hydrogens is 316 g/mol. The fourth-order valence-electron chi connectivity index (χ4n) is 3.94. The molecule has 25 heavy (non-hydrogen) atoms. The van der Waals surface area contributed by atoms with Crippen molar-refractivity contribution in [3.05, 3.63) is 11.6 Å². The zero-order valence-electron chi connectivity index (χ0n) is 15.5. The van der Waals surface area contributed by atoms with Gasteiger partial charge in [-0.3, -0.25) is 4.99 Å². The maximum Gasteiger partial charge on any atom is 0.191 e. The van der Waals surface area contributed by atoms with Crippen molar-refractivity contribution in [1.29, 1.82) is 0 Å². The number of aliphatic hydroxyl groups is 1. The Labute approximate surface area is 150 Å². The van der Waals surface area contributed by atoms with Crippen molar-refractivity contribution in [3.63, 3.8) is 0 Å². The molecule has 1 aliphatic carbocycles. The van der Waals surface area contributed by atoms with E-state index in [1.165, 1.54) is 19.3 Å². The van der Waals surface area contributed by atoms with E-state index in [1.54, 1.807) is 0 Å². The van der Waals surface area contributed by atoms with Gasteiger partial charge in [0, 0.05) is 13.1 Å². The molecule has 7 nitrogen and oxygen atoms in total. The molecule has 2 atom stereocenters. The first-order valence-electron chi connectivity index (χ1n) is 9.81. The lowest BCUT2D eigenvalue weighted by molar-refractivity contribution is 0.0923. The van der Waals surface area contributed by atoms with Gasteiger partial charge in [0.1, 0.15) is 11.6 Å². The van der Waals surface area contributed by atoms with E-state index < -0.39 is 0 Å². The summed E-state index contributed by atoms with van der Waals surface area (Å²) in [6, 6.07) is 0.125. The van der Waals surface area contributed by atoms with Crippen LogP contribution < -0.4 is 10.6 Å². The number of aromatic nitrogens is 3. The van der Waals surface area contributed by atoms with Gasteiger partial charge in [-0.25, -0.2) is 9.67 Å². The standard InChI is InChI=1S/C18H32N6O/c1-3-19-18(20-12-16(25)14-8-5-4-6-9-14)22-15-10-7-11-24-17(15)21-13(2)23-24/h14-16,25H,3-12H2,1-2H3,(H2,19,20,22). The van der Waals surface area contributed by atoms with Gasteiger partial charge in [-0.15, -0.1) is 0 Å². The van der Waals surface area contributed by atoms with E-state index in [-0.39, 0.29) is 12.1 Å². The molecule has 0 radical (unpaired) electrons. The van der Waals surface area contributed by atoms with E-state index in [2.05, 4.69) is 32.6 Å². The highest BCUT2D eigenvalue weighted by Crippen LogP contribution is 2.26. The van der Waals surface area contributed by atoms with Crippen LogP contribution in [0.2, 0.25) is 0 Å². The van der Waals surface area contributed by atoms with Crippen LogP contribution in [0.1, 0.15) is 69.6 Å². The van der Waals surface area contributed by atoms with E-state index in [0.29, 0.717) is 12.5 Å². The van der Waals surface area contributed by atoms with Gasteiger partial charge in [-0.05, 0) is 45.4 Å². The Morgan fingerprint density at radius 1 is 1.28 bits per heavy atom. The Bertz CT molecular complexity index is 578. The number of guanidine groups is 1. The average molecular weight is 348 g/mol. The summed E-state index contributed by atoms with van der Waals surface area (Å²) in [5.41, 5.74) is 0. The Kier molecular flexibility index (Phi) is 6.29. The van der Waals surface area contributed by atoms with Crippen LogP contribution in [-0.2, 0) is 6.54 Å². The number of hydrogen-bond donors (Lipinski definition) is 3. The van der Waals surface area contributed by atoms with Crippen molar-refractivity contribution in [2.45, 2.75) is 77.5 Å². The smallest absolute Gasteiger partial charge is 0.191 e. The molecule has 2 aliphatic rings. The Morgan fingerprint density at radius 3 is 2.84 bits per heavy atom. The fourth-order valence-corrected chi connectivity index (χ4v) is 3.94. The summed E-state index contributed by atoms with van der Waals surface area (Å²) in [6.07, 6.45) is 7.80. The molecule has 140 valence electrons. The predicted molar refractivity (Wildman–Crippen MR) is 98.4 cm³/mol. The van der Waals surface area contributed by atoms with Gasteiger partial charge in [0.2, 0.25) is 0 Å². The summed E-state index contributed by atoms with van der Waals surface area (Å²) < 4.78 is 2.00. The predicted octanol–water partition coefficient (Wildman–Crippen LogP) is 1.92. The zero-order chi connectivity index (χ0) is 17.6. The molecule has 2 unspecified atom stereocenters. The summed E-state index contributed by atoms with van der Waals surface area (Å²) in [5.74, 6) is 2.97. The monoisotopic (exact) mass is 348 g/mol. The van der Waals surface area contributed by atoms with Gasteiger partial charge in [-0.1, -0.05) is 19.3 Å². The van der Waals surface area contributed by atoms with Crippen molar-refractivity contribution in [2.24, 2.45) is 10.9 Å². The molecular formula is C18H32N6O. The third-order valence-electron chi connectivity index (χ3n) is 5.27. The Hall–Kier alpha value is -1.63. The van der Waals surface area contributed by atoms with E-state index in [0.717, 1.165) is 56.4 Å².